The molecule has 0 unspecified atom stereocenters. The van der Waals surface area contributed by atoms with Gasteiger partial charge < -0.3 is 9.64 Å². The van der Waals surface area contributed by atoms with Crippen LogP contribution < -0.4 is 14.4 Å². The maximum Gasteiger partial charge on any atom is 0.244 e. The van der Waals surface area contributed by atoms with Gasteiger partial charge >= 0.3 is 0 Å². The number of piperazine rings is 1. The second-order valence-electron chi connectivity index (χ2n) is 6.47. The van der Waals surface area contributed by atoms with Gasteiger partial charge in [0.2, 0.25) is 10.0 Å². The smallest absolute Gasteiger partial charge is 0.244 e. The van der Waals surface area contributed by atoms with Gasteiger partial charge in [-0.05, 0) is 30.3 Å². The lowest BCUT2D eigenvalue weighted by Gasteiger charge is -2.36. The van der Waals surface area contributed by atoms with Gasteiger partial charge in [-0.25, -0.2) is 21.9 Å². The molecule has 0 bridgehead atoms. The molecule has 1 fully saturated rings. The van der Waals surface area contributed by atoms with Crippen molar-refractivity contribution in [3.63, 3.8) is 0 Å². The number of rotatable bonds is 7. The number of halogens is 2. The Morgan fingerprint density at radius 1 is 1.07 bits per heavy atom. The lowest BCUT2D eigenvalue weighted by atomic mass is 10.2. The summed E-state index contributed by atoms with van der Waals surface area (Å²) in [5, 5.41) is 0. The molecule has 0 aliphatic carbocycles. The zero-order valence-electron chi connectivity index (χ0n) is 15.6. The molecular weight excluding hydrogens is 388 g/mol. The predicted octanol–water partition coefficient (Wildman–Crippen LogP) is 2.07. The first-order valence-electron chi connectivity index (χ1n) is 8.96. The maximum absolute atomic E-state index is 13.9. The number of sulfonamides is 1. The van der Waals surface area contributed by atoms with E-state index in [4.69, 9.17) is 4.74 Å². The summed E-state index contributed by atoms with van der Waals surface area (Å²) < 4.78 is 59.7. The van der Waals surface area contributed by atoms with Gasteiger partial charge in [-0.1, -0.05) is 12.1 Å². The fourth-order valence-electron chi connectivity index (χ4n) is 3.20. The number of hydrogen-bond acceptors (Lipinski definition) is 5. The maximum atomic E-state index is 13.9. The van der Waals surface area contributed by atoms with Crippen LogP contribution in [0.1, 0.15) is 0 Å². The molecule has 9 heteroatoms. The highest BCUT2D eigenvalue weighted by atomic mass is 32.2. The third-order valence-electron chi connectivity index (χ3n) is 4.70. The van der Waals surface area contributed by atoms with Crippen LogP contribution in [0.25, 0.3) is 0 Å². The molecule has 0 saturated carbocycles. The third-order valence-corrected chi connectivity index (χ3v) is 6.18. The molecule has 152 valence electrons. The highest BCUT2D eigenvalue weighted by Crippen LogP contribution is 2.24. The van der Waals surface area contributed by atoms with Crippen LogP contribution in [0.3, 0.4) is 0 Å². The number of methoxy groups -OCH3 is 1. The number of nitrogens with one attached hydrogen (secondary N) is 1. The van der Waals surface area contributed by atoms with Crippen LogP contribution in [-0.4, -0.2) is 59.7 Å². The zero-order valence-corrected chi connectivity index (χ0v) is 16.4. The summed E-state index contributed by atoms with van der Waals surface area (Å²) in [7, 11) is -2.55. The van der Waals surface area contributed by atoms with Crippen LogP contribution >= 0.6 is 0 Å². The molecule has 1 N–H and O–H groups in total. The highest BCUT2D eigenvalue weighted by Gasteiger charge is 2.22. The second kappa shape index (κ2) is 8.85. The zero-order chi connectivity index (χ0) is 20.1. The molecule has 1 heterocycles. The Balaban J connectivity index is 1.52. The van der Waals surface area contributed by atoms with Gasteiger partial charge in [-0.3, -0.25) is 4.90 Å². The molecule has 0 atom stereocenters. The Labute approximate surface area is 163 Å². The lowest BCUT2D eigenvalue weighted by Crippen LogP contribution is -2.48. The lowest BCUT2D eigenvalue weighted by molar-refractivity contribution is 0.261. The molecule has 0 amide bonds. The molecule has 6 nitrogen and oxygen atoms in total. The van der Waals surface area contributed by atoms with Gasteiger partial charge in [0.25, 0.3) is 0 Å². The van der Waals surface area contributed by atoms with Gasteiger partial charge in [0.15, 0.2) is 0 Å². The second-order valence-corrected chi connectivity index (χ2v) is 8.21. The van der Waals surface area contributed by atoms with Crippen LogP contribution in [0, 0.1) is 11.6 Å². The number of nitrogens with zero attached hydrogens (tertiary/aromatic N) is 2. The SMILES string of the molecule is COc1ccc(F)cc1S(=O)(=O)NCCN1CCN(c2ccccc2F)CC1. The van der Waals surface area contributed by atoms with Crippen LogP contribution in [0.5, 0.6) is 5.75 Å². The van der Waals surface area contributed by atoms with Crippen LogP contribution in [0.4, 0.5) is 14.5 Å². The summed E-state index contributed by atoms with van der Waals surface area (Å²) in [6.45, 7) is 3.39. The molecule has 2 aromatic carbocycles. The molecule has 2 aromatic rings. The Morgan fingerprint density at radius 2 is 1.79 bits per heavy atom. The van der Waals surface area contributed by atoms with E-state index in [0.717, 1.165) is 12.1 Å². The van der Waals surface area contributed by atoms with E-state index in [0.29, 0.717) is 38.4 Å². The molecule has 0 radical (unpaired) electrons. The van der Waals surface area contributed by atoms with Gasteiger partial charge in [0, 0.05) is 39.3 Å². The molecule has 0 spiro atoms. The van der Waals surface area contributed by atoms with Crippen LogP contribution in [0.15, 0.2) is 47.4 Å². The summed E-state index contributed by atoms with van der Waals surface area (Å²) in [6.07, 6.45) is 0. The highest BCUT2D eigenvalue weighted by molar-refractivity contribution is 7.89. The van der Waals surface area contributed by atoms with Crippen molar-refractivity contribution in [2.45, 2.75) is 4.90 Å². The molecule has 1 aliphatic rings. The first-order chi connectivity index (χ1) is 13.4. The minimum atomic E-state index is -3.89. The Bertz CT molecular complexity index is 916. The van der Waals surface area contributed by atoms with E-state index in [1.54, 1.807) is 18.2 Å². The largest absolute Gasteiger partial charge is 0.495 e. The summed E-state index contributed by atoms with van der Waals surface area (Å²) in [5.41, 5.74) is 0.584. The Kier molecular flexibility index (Phi) is 6.48. The van der Waals surface area contributed by atoms with Crippen molar-refractivity contribution in [2.75, 3.05) is 51.3 Å². The van der Waals surface area contributed by atoms with E-state index >= 15 is 0 Å². The predicted molar refractivity (Wildman–Crippen MR) is 103 cm³/mol. The molecule has 1 saturated heterocycles. The number of para-hydroxylation sites is 1. The minimum Gasteiger partial charge on any atom is -0.495 e. The molecule has 0 aromatic heterocycles. The van der Waals surface area contributed by atoms with Crippen LogP contribution in [0.2, 0.25) is 0 Å². The average molecular weight is 411 g/mol. The van der Waals surface area contributed by atoms with E-state index in [1.165, 1.54) is 19.2 Å². The normalized spacial score (nSPS) is 15.6. The van der Waals surface area contributed by atoms with Gasteiger partial charge in [0.1, 0.15) is 22.3 Å². The summed E-state index contributed by atoms with van der Waals surface area (Å²) in [6, 6.07) is 10.0. The first kappa shape index (κ1) is 20.5. The van der Waals surface area contributed by atoms with Crippen molar-refractivity contribution in [2.24, 2.45) is 0 Å². The molecule has 28 heavy (non-hydrogen) atoms. The summed E-state index contributed by atoms with van der Waals surface area (Å²) in [4.78, 5) is 3.86. The molecular formula is C19H23F2N3O3S. The number of benzene rings is 2. The number of hydrogen-bond donors (Lipinski definition) is 1. The monoisotopic (exact) mass is 411 g/mol. The minimum absolute atomic E-state index is 0.0902. The van der Waals surface area contributed by atoms with Crippen molar-refractivity contribution in [3.8, 4) is 5.75 Å². The molecule has 1 aliphatic heterocycles. The van der Waals surface area contributed by atoms with E-state index in [1.807, 2.05) is 4.90 Å². The van der Waals surface area contributed by atoms with Crippen molar-refractivity contribution >= 4 is 15.7 Å². The van der Waals surface area contributed by atoms with Crippen LogP contribution in [-0.2, 0) is 10.0 Å². The fraction of sp³-hybridized carbons (Fsp3) is 0.368. The van der Waals surface area contributed by atoms with E-state index in [9.17, 15) is 17.2 Å². The van der Waals surface area contributed by atoms with Crippen molar-refractivity contribution < 1.29 is 21.9 Å². The van der Waals surface area contributed by atoms with Crippen molar-refractivity contribution in [1.82, 2.24) is 9.62 Å². The van der Waals surface area contributed by atoms with Crippen molar-refractivity contribution in [1.29, 1.82) is 0 Å². The van der Waals surface area contributed by atoms with Gasteiger partial charge in [0.05, 0.1) is 12.8 Å². The number of ether oxygens (including phenoxy) is 1. The molecule has 3 rings (SSSR count). The standard InChI is InChI=1S/C19H23F2N3O3S/c1-27-18-7-6-15(20)14-19(18)28(25,26)22-8-9-23-10-12-24(13-11-23)17-5-3-2-4-16(17)21/h2-7,14,22H,8-13H2,1H3. The average Bonchev–Trinajstić information content (AvgIpc) is 2.69. The summed E-state index contributed by atoms with van der Waals surface area (Å²) >= 11 is 0. The quantitative estimate of drug-likeness (QED) is 0.756. The fourth-order valence-corrected chi connectivity index (χ4v) is 4.40. The topological polar surface area (TPSA) is 61.9 Å². The van der Waals surface area contributed by atoms with E-state index < -0.39 is 15.8 Å². The third kappa shape index (κ3) is 4.78. The van der Waals surface area contributed by atoms with Crippen molar-refractivity contribution in [3.05, 3.63) is 54.1 Å². The van der Waals surface area contributed by atoms with E-state index in [2.05, 4.69) is 9.62 Å². The Hall–Kier alpha value is -2.23. The first-order valence-corrected chi connectivity index (χ1v) is 10.4. The summed E-state index contributed by atoms with van der Waals surface area (Å²) in [5.74, 6) is -0.800. The van der Waals surface area contributed by atoms with E-state index in [-0.39, 0.29) is 23.0 Å². The number of anilines is 1. The Morgan fingerprint density at radius 3 is 2.46 bits per heavy atom. The van der Waals surface area contributed by atoms with Gasteiger partial charge in [-0.2, -0.15) is 0 Å². The van der Waals surface area contributed by atoms with Gasteiger partial charge in [-0.15, -0.1) is 0 Å².